The second kappa shape index (κ2) is 4.15. The van der Waals surface area contributed by atoms with Crippen LogP contribution in [-0.2, 0) is 9.59 Å². The van der Waals surface area contributed by atoms with Crippen molar-refractivity contribution in [2.24, 2.45) is 5.73 Å². The number of nitrogens with two attached hydrogens (primary N) is 1. The lowest BCUT2D eigenvalue weighted by molar-refractivity contribution is -0.125. The van der Waals surface area contributed by atoms with Gasteiger partial charge in [0.05, 0.1) is 5.75 Å². The second-order valence-corrected chi connectivity index (χ2v) is 3.55. The molecule has 1 aliphatic rings. The van der Waals surface area contributed by atoms with Crippen molar-refractivity contribution in [1.82, 2.24) is 4.90 Å². The summed E-state index contributed by atoms with van der Waals surface area (Å²) in [6.07, 6.45) is 0. The van der Waals surface area contributed by atoms with E-state index in [1.54, 1.807) is 13.0 Å². The Bertz CT molecular complexity index is 356. The average molecular weight is 211 g/mol. The molecule has 0 unspecified atom stereocenters. The fraction of sp³-hybridized carbons (Fsp3) is 0.375. The first-order chi connectivity index (χ1) is 6.61. The van der Waals surface area contributed by atoms with Crippen molar-refractivity contribution < 1.29 is 9.59 Å². The van der Waals surface area contributed by atoms with Gasteiger partial charge in [0.25, 0.3) is 5.91 Å². The summed E-state index contributed by atoms with van der Waals surface area (Å²) in [7, 11) is 0. The zero-order valence-electron chi connectivity index (χ0n) is 7.61. The van der Waals surface area contributed by atoms with E-state index in [9.17, 15) is 9.59 Å². The minimum atomic E-state index is -0.789. The van der Waals surface area contributed by atoms with Crippen LogP contribution in [0.15, 0.2) is 10.6 Å². The molecule has 0 aromatic heterocycles. The maximum Gasteiger partial charge on any atom is 0.262 e. The molecule has 0 spiro atoms. The third-order valence-corrected chi connectivity index (χ3v) is 2.86. The van der Waals surface area contributed by atoms with Crippen LogP contribution >= 0.6 is 11.8 Å². The van der Waals surface area contributed by atoms with Crippen molar-refractivity contribution in [2.45, 2.75) is 6.92 Å². The Kier molecular flexibility index (Phi) is 3.14. The first-order valence-electron chi connectivity index (χ1n) is 3.99. The topological polar surface area (TPSA) is 87.2 Å². The van der Waals surface area contributed by atoms with E-state index in [2.05, 4.69) is 0 Å². The zero-order chi connectivity index (χ0) is 10.7. The van der Waals surface area contributed by atoms with E-state index in [0.29, 0.717) is 11.6 Å². The summed E-state index contributed by atoms with van der Waals surface area (Å²) in [6.45, 7) is 2.22. The Balaban J connectivity index is 3.14. The number of primary amides is 1. The van der Waals surface area contributed by atoms with Gasteiger partial charge >= 0.3 is 0 Å². The van der Waals surface area contributed by atoms with Crippen LogP contribution in [0.25, 0.3) is 0 Å². The van der Waals surface area contributed by atoms with Crippen LogP contribution in [-0.4, -0.2) is 29.0 Å². The van der Waals surface area contributed by atoms with Crippen LogP contribution in [0.3, 0.4) is 0 Å². The van der Waals surface area contributed by atoms with E-state index in [-0.39, 0.29) is 17.2 Å². The first kappa shape index (κ1) is 10.6. The van der Waals surface area contributed by atoms with Gasteiger partial charge < -0.3 is 10.6 Å². The minimum absolute atomic E-state index is 0.0958. The maximum atomic E-state index is 11.3. The van der Waals surface area contributed by atoms with E-state index in [1.165, 1.54) is 16.7 Å². The van der Waals surface area contributed by atoms with Crippen LogP contribution < -0.4 is 5.73 Å². The van der Waals surface area contributed by atoms with Crippen LogP contribution in [0, 0.1) is 11.3 Å². The summed E-state index contributed by atoms with van der Waals surface area (Å²) < 4.78 is 0. The van der Waals surface area contributed by atoms with Crippen LogP contribution in [0.5, 0.6) is 0 Å². The lowest BCUT2D eigenvalue weighted by atomic mass is 10.3. The molecule has 0 aliphatic carbocycles. The van der Waals surface area contributed by atoms with Gasteiger partial charge in [-0.3, -0.25) is 9.59 Å². The molecule has 14 heavy (non-hydrogen) atoms. The predicted molar refractivity (Wildman–Crippen MR) is 51.7 cm³/mol. The van der Waals surface area contributed by atoms with Gasteiger partial charge in [0.15, 0.2) is 0 Å². The quantitative estimate of drug-likeness (QED) is 0.506. The number of thioether (sulfide) groups is 1. The predicted octanol–water partition coefficient (Wildman–Crippen LogP) is -0.198. The summed E-state index contributed by atoms with van der Waals surface area (Å²) in [5.41, 5.74) is 4.88. The Morgan fingerprint density at radius 1 is 1.79 bits per heavy atom. The van der Waals surface area contributed by atoms with Gasteiger partial charge in [-0.15, -0.1) is 0 Å². The Morgan fingerprint density at radius 2 is 2.43 bits per heavy atom. The zero-order valence-corrected chi connectivity index (χ0v) is 8.43. The molecule has 0 radical (unpaired) electrons. The molecular weight excluding hydrogens is 202 g/mol. The molecule has 0 bridgehead atoms. The molecule has 2 N–H and O–H groups in total. The van der Waals surface area contributed by atoms with Gasteiger partial charge in [0.2, 0.25) is 5.91 Å². The van der Waals surface area contributed by atoms with Crippen molar-refractivity contribution in [3.8, 4) is 6.07 Å². The minimum Gasteiger partial charge on any atom is -0.365 e. The molecule has 0 saturated carbocycles. The molecular formula is C8H9N3O2S. The number of carbonyl (C=O) groups excluding carboxylic acids is 2. The number of rotatable bonds is 2. The molecule has 5 nitrogen and oxygen atoms in total. The molecule has 2 amide bonds. The largest absolute Gasteiger partial charge is 0.365 e. The van der Waals surface area contributed by atoms with Crippen molar-refractivity contribution in [3.63, 3.8) is 0 Å². The number of amides is 2. The number of nitriles is 1. The van der Waals surface area contributed by atoms with E-state index < -0.39 is 5.91 Å². The Morgan fingerprint density at radius 3 is 2.86 bits per heavy atom. The normalized spacial score (nSPS) is 19.4. The molecule has 0 aromatic rings. The Labute approximate surface area is 85.5 Å². The number of hydrogen-bond acceptors (Lipinski definition) is 4. The van der Waals surface area contributed by atoms with Crippen LogP contribution in [0.4, 0.5) is 0 Å². The van der Waals surface area contributed by atoms with Gasteiger partial charge in [-0.2, -0.15) is 5.26 Å². The second-order valence-electron chi connectivity index (χ2n) is 2.58. The standard InChI is InChI=1S/C8H9N3O2S/c1-2-11-6(12)4-14-8(11)5(3-9)7(10)13/h2,4H2,1H3,(H2,10,13)/b8-5-. The van der Waals surface area contributed by atoms with Crippen molar-refractivity contribution in [2.75, 3.05) is 12.3 Å². The number of hydrogen-bond donors (Lipinski definition) is 1. The monoisotopic (exact) mass is 211 g/mol. The van der Waals surface area contributed by atoms with Crippen molar-refractivity contribution in [3.05, 3.63) is 10.6 Å². The first-order valence-corrected chi connectivity index (χ1v) is 4.97. The molecule has 1 saturated heterocycles. The summed E-state index contributed by atoms with van der Waals surface area (Å²) in [4.78, 5) is 23.5. The molecule has 1 heterocycles. The van der Waals surface area contributed by atoms with E-state index in [4.69, 9.17) is 11.0 Å². The summed E-state index contributed by atoms with van der Waals surface area (Å²) in [5, 5.41) is 9.08. The highest BCUT2D eigenvalue weighted by Crippen LogP contribution is 2.30. The number of nitrogens with zero attached hydrogens (tertiary/aromatic N) is 2. The smallest absolute Gasteiger partial charge is 0.262 e. The lowest BCUT2D eigenvalue weighted by Gasteiger charge is -2.14. The van der Waals surface area contributed by atoms with E-state index in [1.807, 2.05) is 0 Å². The maximum absolute atomic E-state index is 11.3. The van der Waals surface area contributed by atoms with Gasteiger partial charge in [-0.25, -0.2) is 0 Å². The summed E-state index contributed by atoms with van der Waals surface area (Å²) >= 11 is 1.18. The molecule has 1 fully saturated rings. The highest BCUT2D eigenvalue weighted by Gasteiger charge is 2.29. The molecule has 0 aromatic carbocycles. The van der Waals surface area contributed by atoms with Crippen molar-refractivity contribution in [1.29, 1.82) is 5.26 Å². The molecule has 6 heteroatoms. The average Bonchev–Trinajstić information content (AvgIpc) is 2.48. The SMILES string of the molecule is CCN1C(=O)CS/C1=C(/C#N)C(N)=O. The highest BCUT2D eigenvalue weighted by atomic mass is 32.2. The summed E-state index contributed by atoms with van der Waals surface area (Å²) in [6, 6.07) is 1.72. The van der Waals surface area contributed by atoms with Crippen LogP contribution in [0.2, 0.25) is 0 Å². The number of carbonyl (C=O) groups is 2. The van der Waals surface area contributed by atoms with E-state index in [0.717, 1.165) is 0 Å². The van der Waals surface area contributed by atoms with Crippen molar-refractivity contribution >= 4 is 23.6 Å². The Hall–Kier alpha value is -1.48. The van der Waals surface area contributed by atoms with Gasteiger partial charge in [0.1, 0.15) is 16.7 Å². The van der Waals surface area contributed by atoms with Crippen LogP contribution in [0.1, 0.15) is 6.92 Å². The molecule has 74 valence electrons. The third kappa shape index (κ3) is 1.72. The summed E-state index contributed by atoms with van der Waals surface area (Å²) in [5.74, 6) is -0.619. The van der Waals surface area contributed by atoms with Gasteiger partial charge in [-0.1, -0.05) is 11.8 Å². The molecule has 1 aliphatic heterocycles. The molecule has 0 atom stereocenters. The lowest BCUT2D eigenvalue weighted by Crippen LogP contribution is -2.26. The van der Waals surface area contributed by atoms with E-state index >= 15 is 0 Å². The fourth-order valence-corrected chi connectivity index (χ4v) is 2.23. The van der Waals surface area contributed by atoms with Gasteiger partial charge in [0, 0.05) is 6.54 Å². The highest BCUT2D eigenvalue weighted by molar-refractivity contribution is 8.04. The molecule has 1 rings (SSSR count). The fourth-order valence-electron chi connectivity index (χ4n) is 1.13. The third-order valence-electron chi connectivity index (χ3n) is 1.77. The van der Waals surface area contributed by atoms with Gasteiger partial charge in [-0.05, 0) is 6.92 Å².